The van der Waals surface area contributed by atoms with Gasteiger partial charge in [-0.3, -0.25) is 14.7 Å². The molecule has 0 radical (unpaired) electrons. The van der Waals surface area contributed by atoms with E-state index >= 15 is 0 Å². The molecule has 20 heavy (non-hydrogen) atoms. The van der Waals surface area contributed by atoms with Crippen LogP contribution in [0.15, 0.2) is 47.5 Å². The van der Waals surface area contributed by atoms with Crippen molar-refractivity contribution in [1.82, 2.24) is 14.8 Å². The van der Waals surface area contributed by atoms with Crippen LogP contribution in [0.3, 0.4) is 0 Å². The first kappa shape index (κ1) is 12.2. The minimum atomic E-state index is -0.264. The first-order valence-electron chi connectivity index (χ1n) is 6.05. The highest BCUT2D eigenvalue weighted by atomic mass is 16.2. The minimum absolute atomic E-state index is 0.152. The lowest BCUT2D eigenvalue weighted by Crippen LogP contribution is -2.19. The number of benzene rings is 1. The number of rotatable bonds is 2. The number of hydrogen-bond donors (Lipinski definition) is 2. The van der Waals surface area contributed by atoms with Crippen LogP contribution in [0.1, 0.15) is 10.4 Å². The lowest BCUT2D eigenvalue weighted by atomic mass is 10.2. The summed E-state index contributed by atoms with van der Waals surface area (Å²) < 4.78 is 1.37. The molecule has 0 saturated carbocycles. The molecule has 3 rings (SSSR count). The van der Waals surface area contributed by atoms with Crippen LogP contribution in [0.25, 0.3) is 10.9 Å². The van der Waals surface area contributed by atoms with Crippen molar-refractivity contribution in [1.29, 1.82) is 0 Å². The first-order chi connectivity index (χ1) is 9.63. The fourth-order valence-electron chi connectivity index (χ4n) is 1.95. The second-order valence-electron chi connectivity index (χ2n) is 4.49. The Kier molecular flexibility index (Phi) is 2.83. The summed E-state index contributed by atoms with van der Waals surface area (Å²) in [7, 11) is 1.61. The van der Waals surface area contributed by atoms with Crippen molar-refractivity contribution in [2.45, 2.75) is 0 Å². The fraction of sp³-hybridized carbons (Fsp3) is 0.0714. The van der Waals surface area contributed by atoms with Crippen LogP contribution in [-0.2, 0) is 7.05 Å². The van der Waals surface area contributed by atoms with Gasteiger partial charge in [-0.05, 0) is 24.3 Å². The van der Waals surface area contributed by atoms with Crippen molar-refractivity contribution in [3.05, 3.63) is 58.6 Å². The van der Waals surface area contributed by atoms with Gasteiger partial charge in [-0.25, -0.2) is 0 Å². The number of aromatic amines is 1. The van der Waals surface area contributed by atoms with Gasteiger partial charge in [-0.2, -0.15) is 5.10 Å². The molecule has 0 fully saturated rings. The summed E-state index contributed by atoms with van der Waals surface area (Å²) in [4.78, 5) is 23.4. The number of pyridine rings is 1. The van der Waals surface area contributed by atoms with Gasteiger partial charge in [0.2, 0.25) is 5.56 Å². The molecule has 3 aromatic rings. The molecule has 2 heterocycles. The van der Waals surface area contributed by atoms with Crippen molar-refractivity contribution in [2.24, 2.45) is 7.05 Å². The minimum Gasteiger partial charge on any atom is -0.322 e. The van der Waals surface area contributed by atoms with Gasteiger partial charge in [-0.15, -0.1) is 0 Å². The Balaban J connectivity index is 1.87. The molecule has 0 unspecified atom stereocenters. The molecule has 0 aliphatic rings. The molecular formula is C14H12N4O2. The zero-order valence-corrected chi connectivity index (χ0v) is 10.8. The van der Waals surface area contributed by atoms with Crippen LogP contribution in [-0.4, -0.2) is 20.7 Å². The quantitative estimate of drug-likeness (QED) is 0.739. The molecule has 1 aromatic carbocycles. The highest BCUT2D eigenvalue weighted by Gasteiger charge is 2.07. The van der Waals surface area contributed by atoms with Crippen molar-refractivity contribution >= 4 is 22.5 Å². The number of anilines is 1. The van der Waals surface area contributed by atoms with Gasteiger partial charge < -0.3 is 9.88 Å². The van der Waals surface area contributed by atoms with E-state index in [9.17, 15) is 9.59 Å². The highest BCUT2D eigenvalue weighted by Crippen LogP contribution is 2.17. The predicted octanol–water partition coefficient (Wildman–Crippen LogP) is 1.51. The molecule has 6 heteroatoms. The summed E-state index contributed by atoms with van der Waals surface area (Å²) in [6.07, 6.45) is 3.22. The van der Waals surface area contributed by atoms with Gasteiger partial charge in [0.05, 0.1) is 17.3 Å². The lowest BCUT2D eigenvalue weighted by molar-refractivity contribution is 0.102. The Morgan fingerprint density at radius 2 is 2.15 bits per heavy atom. The molecule has 0 spiro atoms. The van der Waals surface area contributed by atoms with E-state index in [4.69, 9.17) is 0 Å². The van der Waals surface area contributed by atoms with Gasteiger partial charge in [-0.1, -0.05) is 0 Å². The maximum absolute atomic E-state index is 12.1. The molecule has 2 aromatic heterocycles. The van der Waals surface area contributed by atoms with Gasteiger partial charge in [0, 0.05) is 30.4 Å². The molecule has 100 valence electrons. The molecule has 2 N–H and O–H groups in total. The summed E-state index contributed by atoms with van der Waals surface area (Å²) in [5.41, 5.74) is 1.79. The second-order valence-corrected chi connectivity index (χ2v) is 4.49. The summed E-state index contributed by atoms with van der Waals surface area (Å²) >= 11 is 0. The second kappa shape index (κ2) is 4.65. The number of aromatic nitrogens is 3. The normalized spacial score (nSPS) is 10.7. The van der Waals surface area contributed by atoms with E-state index < -0.39 is 0 Å². The molecule has 0 bridgehead atoms. The number of nitrogens with one attached hydrogen (secondary N) is 2. The van der Waals surface area contributed by atoms with Crippen LogP contribution in [0.5, 0.6) is 0 Å². The van der Waals surface area contributed by atoms with E-state index in [2.05, 4.69) is 15.5 Å². The van der Waals surface area contributed by atoms with Crippen molar-refractivity contribution in [2.75, 3.05) is 5.32 Å². The monoisotopic (exact) mass is 268 g/mol. The summed E-state index contributed by atoms with van der Waals surface area (Å²) in [6, 6.07) is 8.36. The SMILES string of the molecule is Cn1cc(C(=O)Nc2ccc3cn[nH]c3c2)ccc1=O. The Morgan fingerprint density at radius 3 is 2.95 bits per heavy atom. The smallest absolute Gasteiger partial charge is 0.257 e. The summed E-state index contributed by atoms with van der Waals surface area (Å²) in [6.45, 7) is 0. The van der Waals surface area contributed by atoms with Crippen molar-refractivity contribution in [3.8, 4) is 0 Å². The summed E-state index contributed by atoms with van der Waals surface area (Å²) in [5.74, 6) is -0.264. The maximum atomic E-state index is 12.1. The van der Waals surface area contributed by atoms with Gasteiger partial charge in [0.1, 0.15) is 0 Å². The Morgan fingerprint density at radius 1 is 1.30 bits per heavy atom. The van der Waals surface area contributed by atoms with Crippen LogP contribution in [0.2, 0.25) is 0 Å². The average Bonchev–Trinajstić information content (AvgIpc) is 2.89. The molecular weight excluding hydrogens is 256 g/mol. The number of nitrogens with zero attached hydrogens (tertiary/aromatic N) is 2. The first-order valence-corrected chi connectivity index (χ1v) is 6.05. The van der Waals surface area contributed by atoms with E-state index in [-0.39, 0.29) is 11.5 Å². The maximum Gasteiger partial charge on any atom is 0.257 e. The number of amides is 1. The molecule has 0 saturated heterocycles. The molecule has 6 nitrogen and oxygen atoms in total. The number of hydrogen-bond acceptors (Lipinski definition) is 3. The topological polar surface area (TPSA) is 79.8 Å². The fourth-order valence-corrected chi connectivity index (χ4v) is 1.95. The number of fused-ring (bicyclic) bond motifs is 1. The van der Waals surface area contributed by atoms with E-state index in [1.807, 2.05) is 12.1 Å². The zero-order valence-electron chi connectivity index (χ0n) is 10.8. The Labute approximate surface area is 114 Å². The van der Waals surface area contributed by atoms with Crippen molar-refractivity contribution in [3.63, 3.8) is 0 Å². The van der Waals surface area contributed by atoms with E-state index in [1.54, 1.807) is 19.3 Å². The number of H-pyrrole nitrogens is 1. The lowest BCUT2D eigenvalue weighted by Gasteiger charge is -2.06. The van der Waals surface area contributed by atoms with Gasteiger partial charge in [0.15, 0.2) is 0 Å². The Hall–Kier alpha value is -2.89. The van der Waals surface area contributed by atoms with Gasteiger partial charge >= 0.3 is 0 Å². The third kappa shape index (κ3) is 2.18. The molecule has 0 atom stereocenters. The predicted molar refractivity (Wildman–Crippen MR) is 75.7 cm³/mol. The highest BCUT2D eigenvalue weighted by molar-refractivity contribution is 6.04. The molecule has 1 amide bonds. The van der Waals surface area contributed by atoms with E-state index in [1.165, 1.54) is 22.9 Å². The zero-order chi connectivity index (χ0) is 14.1. The number of carbonyl (C=O) groups is 1. The average molecular weight is 268 g/mol. The number of aryl methyl sites for hydroxylation is 1. The van der Waals surface area contributed by atoms with Gasteiger partial charge in [0.25, 0.3) is 5.91 Å². The van der Waals surface area contributed by atoms with Crippen molar-refractivity contribution < 1.29 is 4.79 Å². The molecule has 0 aliphatic heterocycles. The molecule has 0 aliphatic carbocycles. The van der Waals surface area contributed by atoms with E-state index in [0.29, 0.717) is 11.3 Å². The Bertz CT molecular complexity index is 848. The van der Waals surface area contributed by atoms with Crippen LogP contribution in [0, 0.1) is 0 Å². The van der Waals surface area contributed by atoms with E-state index in [0.717, 1.165) is 10.9 Å². The van der Waals surface area contributed by atoms with Crippen LogP contribution in [0.4, 0.5) is 5.69 Å². The summed E-state index contributed by atoms with van der Waals surface area (Å²) in [5, 5.41) is 10.5. The van der Waals surface area contributed by atoms with Crippen LogP contribution < -0.4 is 10.9 Å². The van der Waals surface area contributed by atoms with Crippen LogP contribution >= 0.6 is 0 Å². The third-order valence-corrected chi connectivity index (χ3v) is 3.05. The number of carbonyl (C=O) groups excluding carboxylic acids is 1. The third-order valence-electron chi connectivity index (χ3n) is 3.05. The standard InChI is InChI=1S/C14H12N4O2/c1-18-8-10(3-5-13(18)19)14(20)16-11-4-2-9-7-15-17-12(9)6-11/h2-8H,1H3,(H,15,17)(H,16,20). The largest absolute Gasteiger partial charge is 0.322 e.